The number of rotatable bonds is 6. The van der Waals surface area contributed by atoms with E-state index in [2.05, 4.69) is 0 Å². The van der Waals surface area contributed by atoms with Gasteiger partial charge in [0.25, 0.3) is 0 Å². The van der Waals surface area contributed by atoms with Crippen molar-refractivity contribution in [1.29, 1.82) is 0 Å². The molecule has 3 nitrogen and oxygen atoms in total. The fourth-order valence-corrected chi connectivity index (χ4v) is 2.21. The van der Waals surface area contributed by atoms with Gasteiger partial charge in [-0.25, -0.2) is 0 Å². The lowest BCUT2D eigenvalue weighted by atomic mass is 10.1. The van der Waals surface area contributed by atoms with Gasteiger partial charge in [-0.1, -0.05) is 42.3 Å². The first-order valence-electron chi connectivity index (χ1n) is 7.14. The van der Waals surface area contributed by atoms with Crippen molar-refractivity contribution in [3.63, 3.8) is 0 Å². The second-order valence-corrected chi connectivity index (χ2v) is 5.71. The van der Waals surface area contributed by atoms with Gasteiger partial charge in [-0.2, -0.15) is 0 Å². The van der Waals surface area contributed by atoms with E-state index < -0.39 is 0 Å². The molecule has 0 saturated carbocycles. The van der Waals surface area contributed by atoms with E-state index >= 15 is 0 Å². The molecule has 23 heavy (non-hydrogen) atoms. The molecule has 0 aliphatic heterocycles. The van der Waals surface area contributed by atoms with Crippen LogP contribution in [0.4, 0.5) is 0 Å². The molecule has 0 fully saturated rings. The highest BCUT2D eigenvalue weighted by Gasteiger charge is 2.10. The predicted molar refractivity (Wildman–Crippen MR) is 93.7 cm³/mol. The van der Waals surface area contributed by atoms with Gasteiger partial charge in [-0.05, 0) is 48.4 Å². The molecule has 120 valence electrons. The molecule has 0 saturated heterocycles. The second-order valence-electron chi connectivity index (χ2n) is 4.90. The fraction of sp³-hybridized carbons (Fsp3) is 0.167. The topological polar surface area (TPSA) is 46.5 Å². The minimum absolute atomic E-state index is 0.0855. The summed E-state index contributed by atoms with van der Waals surface area (Å²) in [5.74, 6) is 0.143. The highest BCUT2D eigenvalue weighted by molar-refractivity contribution is 6.42. The van der Waals surface area contributed by atoms with Crippen LogP contribution in [0.1, 0.15) is 29.3 Å². The Morgan fingerprint density at radius 2 is 1.96 bits per heavy atom. The number of ether oxygens (including phenoxy) is 1. The molecule has 0 atom stereocenters. The molecule has 2 rings (SSSR count). The zero-order valence-corrected chi connectivity index (χ0v) is 14.1. The van der Waals surface area contributed by atoms with E-state index in [4.69, 9.17) is 27.9 Å². The number of phenols is 1. The van der Waals surface area contributed by atoms with Crippen LogP contribution in [0.2, 0.25) is 10.0 Å². The van der Waals surface area contributed by atoms with Gasteiger partial charge in [0.15, 0.2) is 5.78 Å². The van der Waals surface area contributed by atoms with E-state index in [9.17, 15) is 9.90 Å². The van der Waals surface area contributed by atoms with E-state index in [-0.39, 0.29) is 17.1 Å². The number of halogens is 2. The van der Waals surface area contributed by atoms with Crippen molar-refractivity contribution in [3.05, 3.63) is 63.6 Å². The van der Waals surface area contributed by atoms with Crippen LogP contribution in [0.3, 0.4) is 0 Å². The standard InChI is InChI=1S/C18H16Cl2O3/c1-2-9-23-13-5-8-18(22)14(11-13)17(21)7-4-12-3-6-15(19)16(20)10-12/h3-8,10-11,22H,2,9H2,1H3/b7-4+. The minimum atomic E-state index is -0.324. The molecule has 2 aromatic rings. The average molecular weight is 351 g/mol. The molecule has 0 amide bonds. The number of allylic oxidation sites excluding steroid dienone is 1. The Balaban J connectivity index is 2.19. The molecule has 5 heteroatoms. The number of phenolic OH excluding ortho intramolecular Hbond substituents is 1. The largest absolute Gasteiger partial charge is 0.507 e. The monoisotopic (exact) mass is 350 g/mol. The van der Waals surface area contributed by atoms with E-state index in [0.29, 0.717) is 22.4 Å². The van der Waals surface area contributed by atoms with Crippen molar-refractivity contribution in [3.8, 4) is 11.5 Å². The van der Waals surface area contributed by atoms with E-state index in [1.54, 1.807) is 30.3 Å². The van der Waals surface area contributed by atoms with Gasteiger partial charge in [-0.15, -0.1) is 0 Å². The van der Waals surface area contributed by atoms with Crippen molar-refractivity contribution in [2.75, 3.05) is 6.61 Å². The van der Waals surface area contributed by atoms with Crippen LogP contribution in [-0.4, -0.2) is 17.5 Å². The molecule has 0 heterocycles. The van der Waals surface area contributed by atoms with Crippen molar-refractivity contribution < 1.29 is 14.6 Å². The van der Waals surface area contributed by atoms with Gasteiger partial charge in [-0.3, -0.25) is 4.79 Å². The Hall–Kier alpha value is -1.97. The number of aromatic hydroxyl groups is 1. The van der Waals surface area contributed by atoms with Crippen LogP contribution in [0, 0.1) is 0 Å². The lowest BCUT2D eigenvalue weighted by Crippen LogP contribution is -1.99. The second kappa shape index (κ2) is 8.04. The van der Waals surface area contributed by atoms with Gasteiger partial charge in [0.1, 0.15) is 11.5 Å². The molecule has 0 bridgehead atoms. The number of ketones is 1. The first kappa shape index (κ1) is 17.4. The summed E-state index contributed by atoms with van der Waals surface area (Å²) in [4.78, 5) is 12.3. The summed E-state index contributed by atoms with van der Waals surface area (Å²) < 4.78 is 5.47. The van der Waals surface area contributed by atoms with Crippen LogP contribution in [0.5, 0.6) is 11.5 Å². The molecule has 0 spiro atoms. The third-order valence-electron chi connectivity index (χ3n) is 3.08. The first-order valence-corrected chi connectivity index (χ1v) is 7.90. The zero-order valence-electron chi connectivity index (χ0n) is 12.6. The molecule has 0 radical (unpaired) electrons. The Morgan fingerprint density at radius 1 is 1.17 bits per heavy atom. The van der Waals surface area contributed by atoms with Gasteiger partial charge in [0, 0.05) is 0 Å². The summed E-state index contributed by atoms with van der Waals surface area (Å²) in [5, 5.41) is 10.7. The van der Waals surface area contributed by atoms with Crippen LogP contribution in [0.15, 0.2) is 42.5 Å². The summed E-state index contributed by atoms with van der Waals surface area (Å²) in [6, 6.07) is 9.68. The Kier molecular flexibility index (Phi) is 6.08. The maximum atomic E-state index is 12.3. The van der Waals surface area contributed by atoms with Gasteiger partial charge >= 0.3 is 0 Å². The van der Waals surface area contributed by atoms with E-state index in [1.807, 2.05) is 6.92 Å². The van der Waals surface area contributed by atoms with Crippen molar-refractivity contribution in [2.45, 2.75) is 13.3 Å². The third kappa shape index (κ3) is 4.75. The first-order chi connectivity index (χ1) is 11.0. The number of carbonyl (C=O) groups is 1. The summed E-state index contributed by atoms with van der Waals surface area (Å²) in [5.41, 5.74) is 0.931. The molecule has 0 aromatic heterocycles. The maximum absolute atomic E-state index is 12.3. The number of carbonyl (C=O) groups excluding carboxylic acids is 1. The van der Waals surface area contributed by atoms with Crippen molar-refractivity contribution in [1.82, 2.24) is 0 Å². The molecule has 0 aliphatic carbocycles. The fourth-order valence-electron chi connectivity index (χ4n) is 1.90. The van der Waals surface area contributed by atoms with Crippen LogP contribution < -0.4 is 4.74 Å². The summed E-state index contributed by atoms with van der Waals surface area (Å²) in [6.45, 7) is 2.55. The Bertz CT molecular complexity index is 739. The van der Waals surface area contributed by atoms with Crippen molar-refractivity contribution >= 4 is 35.1 Å². The average Bonchev–Trinajstić information content (AvgIpc) is 2.55. The molecule has 1 N–H and O–H groups in total. The van der Waals surface area contributed by atoms with Crippen LogP contribution in [0.25, 0.3) is 6.08 Å². The molecular weight excluding hydrogens is 335 g/mol. The minimum Gasteiger partial charge on any atom is -0.507 e. The SMILES string of the molecule is CCCOc1ccc(O)c(C(=O)/C=C/c2ccc(Cl)c(Cl)c2)c1. The van der Waals surface area contributed by atoms with E-state index in [1.165, 1.54) is 18.2 Å². The smallest absolute Gasteiger partial charge is 0.189 e. The predicted octanol–water partition coefficient (Wildman–Crippen LogP) is 5.38. The zero-order chi connectivity index (χ0) is 16.8. The Labute approximate surface area is 145 Å². The number of hydrogen-bond acceptors (Lipinski definition) is 3. The summed E-state index contributed by atoms with van der Waals surface area (Å²) >= 11 is 11.8. The molecular formula is C18H16Cl2O3. The highest BCUT2D eigenvalue weighted by atomic mass is 35.5. The molecule has 2 aromatic carbocycles. The van der Waals surface area contributed by atoms with Gasteiger partial charge in [0.2, 0.25) is 0 Å². The summed E-state index contributed by atoms with van der Waals surface area (Å²) in [6.07, 6.45) is 3.85. The molecule has 0 aliphatic rings. The quantitative estimate of drug-likeness (QED) is 0.561. The van der Waals surface area contributed by atoms with Crippen LogP contribution >= 0.6 is 23.2 Å². The maximum Gasteiger partial charge on any atom is 0.189 e. The third-order valence-corrected chi connectivity index (χ3v) is 3.82. The van der Waals surface area contributed by atoms with Crippen molar-refractivity contribution in [2.24, 2.45) is 0 Å². The molecule has 0 unspecified atom stereocenters. The van der Waals surface area contributed by atoms with Gasteiger partial charge in [0.05, 0.1) is 22.2 Å². The Morgan fingerprint density at radius 3 is 2.65 bits per heavy atom. The highest BCUT2D eigenvalue weighted by Crippen LogP contribution is 2.25. The lowest BCUT2D eigenvalue weighted by molar-refractivity contribution is 0.104. The van der Waals surface area contributed by atoms with Gasteiger partial charge < -0.3 is 9.84 Å². The van der Waals surface area contributed by atoms with E-state index in [0.717, 1.165) is 12.0 Å². The van der Waals surface area contributed by atoms with Crippen LogP contribution in [-0.2, 0) is 0 Å². The number of benzene rings is 2. The summed E-state index contributed by atoms with van der Waals surface area (Å²) in [7, 11) is 0. The number of hydrogen-bond donors (Lipinski definition) is 1. The normalized spacial score (nSPS) is 10.9. The lowest BCUT2D eigenvalue weighted by Gasteiger charge is -2.07.